The van der Waals surface area contributed by atoms with Gasteiger partial charge in [-0.2, -0.15) is 0 Å². The predicted octanol–water partition coefficient (Wildman–Crippen LogP) is 1.72. The minimum atomic E-state index is 0.850. The average molecular weight is 136 g/mol. The summed E-state index contributed by atoms with van der Waals surface area (Å²) in [4.78, 5) is 0. The molecule has 0 aromatic carbocycles. The highest BCUT2D eigenvalue weighted by Crippen LogP contribution is 2.28. The lowest BCUT2D eigenvalue weighted by atomic mass is 9.84. The Balaban J connectivity index is 2.08. The molecule has 1 nitrogen and oxygen atoms in total. The van der Waals surface area contributed by atoms with E-state index in [0.29, 0.717) is 0 Å². The molecule has 2 rings (SSSR count). The molecule has 1 heteroatoms. The zero-order valence-corrected chi connectivity index (χ0v) is 6.34. The summed E-state index contributed by atoms with van der Waals surface area (Å²) in [6.07, 6.45) is 7.82. The minimum Gasteiger partial charge on any atom is -0.241 e. The van der Waals surface area contributed by atoms with E-state index >= 15 is 0 Å². The standard InChI is InChI=1S/C9H14N/c1-2-4-9-7-10-6-5-8(9)3-1/h3,9H,1-2,4-7H2. The third-order valence-corrected chi connectivity index (χ3v) is 2.60. The minimum absolute atomic E-state index is 0.850. The van der Waals surface area contributed by atoms with Crippen molar-refractivity contribution in [3.8, 4) is 0 Å². The summed E-state index contributed by atoms with van der Waals surface area (Å²) in [6, 6.07) is 0. The summed E-state index contributed by atoms with van der Waals surface area (Å²) in [7, 11) is 0. The third-order valence-electron chi connectivity index (χ3n) is 2.60. The molecule has 55 valence electrons. The number of hydrogen-bond acceptors (Lipinski definition) is 0. The van der Waals surface area contributed by atoms with Gasteiger partial charge in [-0.1, -0.05) is 11.6 Å². The van der Waals surface area contributed by atoms with Gasteiger partial charge in [0.2, 0.25) is 0 Å². The van der Waals surface area contributed by atoms with E-state index in [-0.39, 0.29) is 0 Å². The van der Waals surface area contributed by atoms with Crippen molar-refractivity contribution >= 4 is 0 Å². The second-order valence-corrected chi connectivity index (χ2v) is 3.29. The first-order valence-electron chi connectivity index (χ1n) is 4.29. The Morgan fingerprint density at radius 3 is 3.40 bits per heavy atom. The summed E-state index contributed by atoms with van der Waals surface area (Å²) < 4.78 is 0. The maximum atomic E-state index is 4.42. The van der Waals surface area contributed by atoms with Gasteiger partial charge in [0.1, 0.15) is 0 Å². The maximum Gasteiger partial charge on any atom is 0.0199 e. The fourth-order valence-electron chi connectivity index (χ4n) is 1.97. The van der Waals surface area contributed by atoms with E-state index in [0.717, 1.165) is 19.0 Å². The van der Waals surface area contributed by atoms with Gasteiger partial charge in [0.05, 0.1) is 0 Å². The molecule has 1 unspecified atom stereocenters. The lowest BCUT2D eigenvalue weighted by Gasteiger charge is -2.28. The summed E-state index contributed by atoms with van der Waals surface area (Å²) in [6.45, 7) is 2.20. The zero-order valence-electron chi connectivity index (χ0n) is 6.34. The Bertz CT molecular complexity index is 149. The van der Waals surface area contributed by atoms with E-state index in [1.165, 1.54) is 25.7 Å². The van der Waals surface area contributed by atoms with E-state index in [1.807, 2.05) is 0 Å². The largest absolute Gasteiger partial charge is 0.241 e. The molecular formula is C9H14N. The molecule has 1 aliphatic carbocycles. The molecule has 1 fully saturated rings. The number of hydrogen-bond donors (Lipinski definition) is 0. The van der Waals surface area contributed by atoms with Crippen molar-refractivity contribution < 1.29 is 0 Å². The quantitative estimate of drug-likeness (QED) is 0.450. The monoisotopic (exact) mass is 136 g/mol. The third kappa shape index (κ3) is 1.10. The Labute approximate surface area is 62.5 Å². The normalized spacial score (nSPS) is 32.8. The van der Waals surface area contributed by atoms with Crippen molar-refractivity contribution in [2.75, 3.05) is 13.1 Å². The number of rotatable bonds is 0. The number of nitrogens with zero attached hydrogens (tertiary/aromatic N) is 1. The van der Waals surface area contributed by atoms with Crippen molar-refractivity contribution in [1.29, 1.82) is 0 Å². The fourth-order valence-corrected chi connectivity index (χ4v) is 1.97. The number of fused-ring (bicyclic) bond motifs is 1. The number of allylic oxidation sites excluding steroid dienone is 1. The second kappa shape index (κ2) is 2.75. The molecule has 1 radical (unpaired) electrons. The molecule has 1 aliphatic heterocycles. The highest BCUT2D eigenvalue weighted by atomic mass is 14.9. The summed E-state index contributed by atoms with van der Waals surface area (Å²) >= 11 is 0. The van der Waals surface area contributed by atoms with Crippen molar-refractivity contribution in [3.05, 3.63) is 11.6 Å². The molecule has 2 aliphatic rings. The molecule has 0 amide bonds. The fraction of sp³-hybridized carbons (Fsp3) is 0.778. The maximum absolute atomic E-state index is 4.42. The SMILES string of the molecule is C1=C2CC[N]CC2CCC1. The van der Waals surface area contributed by atoms with Crippen LogP contribution in [0.4, 0.5) is 0 Å². The van der Waals surface area contributed by atoms with Crippen LogP contribution in [0.15, 0.2) is 11.6 Å². The molecule has 0 aromatic rings. The molecular weight excluding hydrogens is 122 g/mol. The first kappa shape index (κ1) is 6.41. The van der Waals surface area contributed by atoms with Crippen LogP contribution in [0.25, 0.3) is 0 Å². The molecule has 0 spiro atoms. The van der Waals surface area contributed by atoms with Gasteiger partial charge >= 0.3 is 0 Å². The highest BCUT2D eigenvalue weighted by Gasteiger charge is 2.20. The molecule has 0 N–H and O–H groups in total. The molecule has 1 atom stereocenters. The van der Waals surface area contributed by atoms with Crippen molar-refractivity contribution in [1.82, 2.24) is 5.32 Å². The molecule has 1 saturated heterocycles. The van der Waals surface area contributed by atoms with E-state index in [2.05, 4.69) is 11.4 Å². The van der Waals surface area contributed by atoms with Gasteiger partial charge in [-0.25, -0.2) is 5.32 Å². The van der Waals surface area contributed by atoms with E-state index in [4.69, 9.17) is 0 Å². The Morgan fingerprint density at radius 2 is 2.50 bits per heavy atom. The van der Waals surface area contributed by atoms with Gasteiger partial charge < -0.3 is 0 Å². The van der Waals surface area contributed by atoms with Crippen LogP contribution < -0.4 is 5.32 Å². The lowest BCUT2D eigenvalue weighted by Crippen LogP contribution is -2.27. The van der Waals surface area contributed by atoms with Crippen molar-refractivity contribution in [3.63, 3.8) is 0 Å². The van der Waals surface area contributed by atoms with Gasteiger partial charge in [0.25, 0.3) is 0 Å². The lowest BCUT2D eigenvalue weighted by molar-refractivity contribution is 0.413. The van der Waals surface area contributed by atoms with Crippen molar-refractivity contribution in [2.45, 2.75) is 25.7 Å². The highest BCUT2D eigenvalue weighted by molar-refractivity contribution is 5.12. The van der Waals surface area contributed by atoms with E-state index in [1.54, 1.807) is 5.57 Å². The molecule has 1 heterocycles. The summed E-state index contributed by atoms with van der Waals surface area (Å²) in [5.74, 6) is 0.850. The van der Waals surface area contributed by atoms with Crippen molar-refractivity contribution in [2.24, 2.45) is 5.92 Å². The Kier molecular flexibility index (Phi) is 1.76. The number of piperidine rings is 1. The van der Waals surface area contributed by atoms with Gasteiger partial charge in [-0.3, -0.25) is 0 Å². The Hall–Kier alpha value is -0.300. The Morgan fingerprint density at radius 1 is 1.50 bits per heavy atom. The van der Waals surface area contributed by atoms with Crippen LogP contribution in [-0.4, -0.2) is 13.1 Å². The van der Waals surface area contributed by atoms with Gasteiger partial charge in [0.15, 0.2) is 0 Å². The second-order valence-electron chi connectivity index (χ2n) is 3.29. The van der Waals surface area contributed by atoms with E-state index in [9.17, 15) is 0 Å². The first-order valence-corrected chi connectivity index (χ1v) is 4.29. The van der Waals surface area contributed by atoms with Crippen LogP contribution in [0, 0.1) is 5.92 Å². The zero-order chi connectivity index (χ0) is 6.81. The molecule has 0 saturated carbocycles. The molecule has 0 bridgehead atoms. The van der Waals surface area contributed by atoms with Crippen LogP contribution in [-0.2, 0) is 0 Å². The van der Waals surface area contributed by atoms with Gasteiger partial charge in [0, 0.05) is 13.1 Å². The molecule has 0 aromatic heterocycles. The summed E-state index contributed by atoms with van der Waals surface area (Å²) in [5, 5.41) is 4.42. The van der Waals surface area contributed by atoms with Crippen LogP contribution in [0.5, 0.6) is 0 Å². The van der Waals surface area contributed by atoms with E-state index < -0.39 is 0 Å². The smallest absolute Gasteiger partial charge is 0.0199 e. The first-order chi connectivity index (χ1) is 4.97. The average Bonchev–Trinajstić information content (AvgIpc) is 2.05. The van der Waals surface area contributed by atoms with Crippen LogP contribution >= 0.6 is 0 Å². The topological polar surface area (TPSA) is 14.1 Å². The van der Waals surface area contributed by atoms with Crippen LogP contribution in [0.3, 0.4) is 0 Å². The predicted molar refractivity (Wildman–Crippen MR) is 41.9 cm³/mol. The van der Waals surface area contributed by atoms with Crippen LogP contribution in [0.1, 0.15) is 25.7 Å². The summed E-state index contributed by atoms with van der Waals surface area (Å²) in [5.41, 5.74) is 1.71. The van der Waals surface area contributed by atoms with Crippen LogP contribution in [0.2, 0.25) is 0 Å². The van der Waals surface area contributed by atoms with Gasteiger partial charge in [-0.05, 0) is 31.6 Å². The van der Waals surface area contributed by atoms with Gasteiger partial charge in [-0.15, -0.1) is 0 Å². The molecule has 10 heavy (non-hydrogen) atoms.